The molecule has 1 N–H and O–H groups in total. The second-order valence-corrected chi connectivity index (χ2v) is 10.1. The number of nitrogens with zero attached hydrogens (tertiary/aromatic N) is 1. The molecule has 2 bridgehead atoms. The monoisotopic (exact) mass is 398 g/mol. The highest BCUT2D eigenvalue weighted by atomic mass is 32.2. The molecule has 0 spiro atoms. The normalized spacial score (nSPS) is 23.6. The number of hydrogen-bond donors (Lipinski definition) is 1. The van der Waals surface area contributed by atoms with E-state index in [2.05, 4.69) is 5.32 Å². The predicted molar refractivity (Wildman–Crippen MR) is 110 cm³/mol. The first-order valence-electron chi connectivity index (χ1n) is 9.81. The Morgan fingerprint density at radius 1 is 1.07 bits per heavy atom. The number of anilines is 1. The zero-order valence-electron chi connectivity index (χ0n) is 16.3. The van der Waals surface area contributed by atoms with Crippen LogP contribution in [0.15, 0.2) is 53.4 Å². The minimum atomic E-state index is -3.74. The molecule has 28 heavy (non-hydrogen) atoms. The van der Waals surface area contributed by atoms with E-state index in [1.807, 2.05) is 19.1 Å². The van der Waals surface area contributed by atoms with Gasteiger partial charge in [-0.3, -0.25) is 9.10 Å². The van der Waals surface area contributed by atoms with Crippen LogP contribution in [0, 0.1) is 18.8 Å². The number of nitrogens with one attached hydrogen (secondary N) is 1. The summed E-state index contributed by atoms with van der Waals surface area (Å²) < 4.78 is 27.3. The average Bonchev–Trinajstić information content (AvgIpc) is 3.31. The number of aryl methyl sites for hydroxylation is 1. The van der Waals surface area contributed by atoms with Crippen LogP contribution in [0.5, 0.6) is 0 Å². The zero-order chi connectivity index (χ0) is 19.9. The largest absolute Gasteiger partial charge is 0.349 e. The summed E-state index contributed by atoms with van der Waals surface area (Å²) in [6, 6.07) is 13.8. The third-order valence-corrected chi connectivity index (χ3v) is 7.99. The summed E-state index contributed by atoms with van der Waals surface area (Å²) in [6.45, 7) is 1.95. The summed E-state index contributed by atoms with van der Waals surface area (Å²) in [5.74, 6) is 1.13. The Morgan fingerprint density at radius 3 is 2.46 bits per heavy atom. The molecular weight excluding hydrogens is 372 g/mol. The first kappa shape index (κ1) is 19.0. The van der Waals surface area contributed by atoms with E-state index in [1.165, 1.54) is 42.7 Å². The van der Waals surface area contributed by atoms with Crippen molar-refractivity contribution < 1.29 is 13.2 Å². The lowest BCUT2D eigenvalue weighted by atomic mass is 9.95. The molecule has 4 rings (SSSR count). The van der Waals surface area contributed by atoms with Gasteiger partial charge >= 0.3 is 0 Å². The van der Waals surface area contributed by atoms with Gasteiger partial charge in [0.1, 0.15) is 0 Å². The Labute approximate surface area is 166 Å². The van der Waals surface area contributed by atoms with Gasteiger partial charge in [0.2, 0.25) is 0 Å². The summed E-state index contributed by atoms with van der Waals surface area (Å²) in [7, 11) is -2.21. The molecule has 6 heteroatoms. The smallest absolute Gasteiger partial charge is 0.264 e. The van der Waals surface area contributed by atoms with E-state index in [0.717, 1.165) is 17.9 Å². The van der Waals surface area contributed by atoms with Crippen LogP contribution in [-0.4, -0.2) is 27.4 Å². The number of carbonyl (C=O) groups is 1. The maximum atomic E-state index is 13.0. The molecule has 3 atom stereocenters. The molecule has 0 aromatic heterocycles. The van der Waals surface area contributed by atoms with Gasteiger partial charge in [-0.25, -0.2) is 8.42 Å². The zero-order valence-corrected chi connectivity index (χ0v) is 17.1. The summed E-state index contributed by atoms with van der Waals surface area (Å²) in [6.07, 6.45) is 4.72. The van der Waals surface area contributed by atoms with Crippen molar-refractivity contribution in [2.45, 2.75) is 43.5 Å². The molecule has 148 valence electrons. The van der Waals surface area contributed by atoms with Crippen molar-refractivity contribution in [2.24, 2.45) is 11.8 Å². The number of carbonyl (C=O) groups excluding carboxylic acids is 1. The number of rotatable bonds is 5. The van der Waals surface area contributed by atoms with Crippen LogP contribution in [-0.2, 0) is 10.0 Å². The first-order chi connectivity index (χ1) is 13.3. The van der Waals surface area contributed by atoms with Gasteiger partial charge in [-0.2, -0.15) is 0 Å². The van der Waals surface area contributed by atoms with Crippen molar-refractivity contribution in [3.63, 3.8) is 0 Å². The Morgan fingerprint density at radius 2 is 1.82 bits per heavy atom. The molecule has 0 unspecified atom stereocenters. The minimum Gasteiger partial charge on any atom is -0.349 e. The van der Waals surface area contributed by atoms with Crippen LogP contribution in [0.1, 0.15) is 41.6 Å². The van der Waals surface area contributed by atoms with Gasteiger partial charge in [-0.1, -0.05) is 30.2 Å². The SMILES string of the molecule is Cc1ccc(N(C)S(=O)(=O)c2cccc(C(=O)N[C@H]3C[C@H]4CC[C@H]3C4)c2)cc1. The van der Waals surface area contributed by atoms with E-state index in [1.54, 1.807) is 24.3 Å². The van der Waals surface area contributed by atoms with Crippen molar-refractivity contribution in [1.82, 2.24) is 5.32 Å². The molecule has 0 saturated heterocycles. The van der Waals surface area contributed by atoms with Gasteiger partial charge in [0.25, 0.3) is 15.9 Å². The molecule has 0 heterocycles. The highest BCUT2D eigenvalue weighted by Gasteiger charge is 2.40. The molecule has 1 amide bonds. The third-order valence-electron chi connectivity index (χ3n) is 6.21. The van der Waals surface area contributed by atoms with Crippen molar-refractivity contribution in [2.75, 3.05) is 11.4 Å². The molecule has 5 nitrogen and oxygen atoms in total. The molecule has 2 fully saturated rings. The summed E-state index contributed by atoms with van der Waals surface area (Å²) in [5.41, 5.74) is 2.04. The summed E-state index contributed by atoms with van der Waals surface area (Å²) >= 11 is 0. The fourth-order valence-electron chi connectivity index (χ4n) is 4.52. The minimum absolute atomic E-state index is 0.121. The fraction of sp³-hybridized carbons (Fsp3) is 0.409. The molecule has 2 saturated carbocycles. The van der Waals surface area contributed by atoms with Crippen LogP contribution in [0.2, 0.25) is 0 Å². The van der Waals surface area contributed by atoms with Gasteiger partial charge in [0, 0.05) is 18.7 Å². The van der Waals surface area contributed by atoms with E-state index in [4.69, 9.17) is 0 Å². The molecule has 2 aromatic rings. The van der Waals surface area contributed by atoms with Crippen molar-refractivity contribution in [3.05, 3.63) is 59.7 Å². The highest BCUT2D eigenvalue weighted by molar-refractivity contribution is 7.92. The van der Waals surface area contributed by atoms with Crippen LogP contribution < -0.4 is 9.62 Å². The number of benzene rings is 2. The van der Waals surface area contributed by atoms with Gasteiger partial charge in [0.15, 0.2) is 0 Å². The van der Waals surface area contributed by atoms with E-state index in [-0.39, 0.29) is 16.8 Å². The van der Waals surface area contributed by atoms with Crippen molar-refractivity contribution in [3.8, 4) is 0 Å². The van der Waals surface area contributed by atoms with Crippen LogP contribution in [0.25, 0.3) is 0 Å². The van der Waals surface area contributed by atoms with E-state index < -0.39 is 10.0 Å². The predicted octanol–water partition coefficient (Wildman–Crippen LogP) is 3.74. The van der Waals surface area contributed by atoms with E-state index in [9.17, 15) is 13.2 Å². The second-order valence-electron chi connectivity index (χ2n) is 8.09. The van der Waals surface area contributed by atoms with Gasteiger partial charge in [-0.15, -0.1) is 0 Å². The Bertz CT molecular complexity index is 985. The van der Waals surface area contributed by atoms with Crippen molar-refractivity contribution >= 4 is 21.6 Å². The molecule has 2 aliphatic carbocycles. The Kier molecular flexibility index (Phi) is 4.91. The lowest BCUT2D eigenvalue weighted by Gasteiger charge is -2.23. The van der Waals surface area contributed by atoms with Crippen molar-refractivity contribution in [1.29, 1.82) is 0 Å². The Hall–Kier alpha value is -2.34. The van der Waals surface area contributed by atoms with E-state index in [0.29, 0.717) is 17.2 Å². The Balaban J connectivity index is 1.53. The summed E-state index contributed by atoms with van der Waals surface area (Å²) in [5, 5.41) is 3.13. The van der Waals surface area contributed by atoms with Gasteiger partial charge in [0.05, 0.1) is 10.6 Å². The number of fused-ring (bicyclic) bond motifs is 2. The molecular formula is C22H26N2O3S. The molecule has 2 aromatic carbocycles. The van der Waals surface area contributed by atoms with Gasteiger partial charge in [-0.05, 0) is 68.4 Å². The van der Waals surface area contributed by atoms with Crippen LogP contribution in [0.3, 0.4) is 0 Å². The van der Waals surface area contributed by atoms with Gasteiger partial charge < -0.3 is 5.32 Å². The molecule has 0 aliphatic heterocycles. The maximum absolute atomic E-state index is 13.0. The fourth-order valence-corrected chi connectivity index (χ4v) is 5.76. The topological polar surface area (TPSA) is 66.5 Å². The lowest BCUT2D eigenvalue weighted by molar-refractivity contribution is 0.0922. The first-order valence-corrected chi connectivity index (χ1v) is 11.2. The molecule has 2 aliphatic rings. The maximum Gasteiger partial charge on any atom is 0.264 e. The quantitative estimate of drug-likeness (QED) is 0.834. The summed E-state index contributed by atoms with van der Waals surface area (Å²) in [4.78, 5) is 12.8. The standard InChI is InChI=1S/C22H26N2O3S/c1-15-6-10-19(11-7-15)24(2)28(26,27)20-5-3-4-18(14-20)22(25)23-21-13-16-8-9-17(21)12-16/h3-7,10-11,14,16-17,21H,8-9,12-13H2,1-2H3,(H,23,25)/t16-,17-,21-/m0/s1. The second kappa shape index (κ2) is 7.24. The number of hydrogen-bond acceptors (Lipinski definition) is 3. The van der Waals surface area contributed by atoms with Crippen LogP contribution >= 0.6 is 0 Å². The average molecular weight is 399 g/mol. The molecule has 0 radical (unpaired) electrons. The third kappa shape index (κ3) is 3.53. The van der Waals surface area contributed by atoms with Crippen LogP contribution in [0.4, 0.5) is 5.69 Å². The van der Waals surface area contributed by atoms with E-state index >= 15 is 0 Å². The number of sulfonamides is 1. The number of amides is 1. The highest BCUT2D eigenvalue weighted by Crippen LogP contribution is 2.44. The lowest BCUT2D eigenvalue weighted by Crippen LogP contribution is -2.38.